The zero-order valence-electron chi connectivity index (χ0n) is 21.3. The lowest BCUT2D eigenvalue weighted by atomic mass is 10.0. The molecule has 0 saturated carbocycles. The lowest BCUT2D eigenvalue weighted by Crippen LogP contribution is -2.39. The van der Waals surface area contributed by atoms with E-state index in [1.54, 1.807) is 18.4 Å². The quantitative estimate of drug-likeness (QED) is 0.353. The summed E-state index contributed by atoms with van der Waals surface area (Å²) in [4.78, 5) is 32.9. The zero-order valence-corrected chi connectivity index (χ0v) is 22.9. The fraction of sp³-hybridized carbons (Fsp3) is 0.250. The highest BCUT2D eigenvalue weighted by molar-refractivity contribution is 7.10. The maximum absolute atomic E-state index is 13.8. The van der Waals surface area contributed by atoms with E-state index in [1.807, 2.05) is 55.6 Å². The molecule has 6 rings (SSSR count). The monoisotopic (exact) mass is 547 g/mol. The number of aromatic nitrogens is 2. The summed E-state index contributed by atoms with van der Waals surface area (Å²) in [5, 5.41) is 1.94. The Morgan fingerprint density at radius 2 is 2.00 bits per heavy atom. The number of benzene rings is 1. The topological polar surface area (TPSA) is 84.1 Å². The maximum Gasteiger partial charge on any atom is 0.338 e. The lowest BCUT2D eigenvalue weighted by molar-refractivity contribution is -0.139. The molecule has 1 aromatic carbocycles. The maximum atomic E-state index is 13.8. The summed E-state index contributed by atoms with van der Waals surface area (Å²) in [6.45, 7) is 8.08. The van der Waals surface area contributed by atoms with Crippen molar-refractivity contribution >= 4 is 34.7 Å². The first-order valence-electron chi connectivity index (χ1n) is 12.2. The summed E-state index contributed by atoms with van der Waals surface area (Å²) in [5.41, 5.74) is 4.68. The van der Waals surface area contributed by atoms with Crippen LogP contribution in [0.25, 0.3) is 11.8 Å². The van der Waals surface area contributed by atoms with Crippen molar-refractivity contribution in [3.8, 4) is 17.2 Å². The van der Waals surface area contributed by atoms with Crippen molar-refractivity contribution in [3.05, 3.63) is 94.6 Å². The summed E-state index contributed by atoms with van der Waals surface area (Å²) in [6.07, 6.45) is 1.91. The average Bonchev–Trinajstić information content (AvgIpc) is 3.67. The molecule has 194 valence electrons. The van der Waals surface area contributed by atoms with Crippen LogP contribution >= 0.6 is 22.7 Å². The lowest BCUT2D eigenvalue weighted by Gasteiger charge is -2.23. The van der Waals surface area contributed by atoms with Gasteiger partial charge in [0.1, 0.15) is 6.04 Å². The van der Waals surface area contributed by atoms with E-state index in [0.29, 0.717) is 26.4 Å². The minimum Gasteiger partial charge on any atom is -0.463 e. The number of thiazole rings is 1. The van der Waals surface area contributed by atoms with Crippen LogP contribution in [0.3, 0.4) is 0 Å². The van der Waals surface area contributed by atoms with Gasteiger partial charge in [-0.15, -0.1) is 11.3 Å². The van der Waals surface area contributed by atoms with Crippen LogP contribution in [-0.2, 0) is 9.53 Å². The van der Waals surface area contributed by atoms with Gasteiger partial charge in [0, 0.05) is 28.0 Å². The summed E-state index contributed by atoms with van der Waals surface area (Å²) in [5.74, 6) is 0.996. The number of carbonyl (C=O) groups excluding carboxylic acids is 1. The third kappa shape index (κ3) is 3.91. The molecule has 10 heteroatoms. The van der Waals surface area contributed by atoms with Gasteiger partial charge in [0.2, 0.25) is 6.79 Å². The van der Waals surface area contributed by atoms with Crippen LogP contribution in [0.5, 0.6) is 11.5 Å². The van der Waals surface area contributed by atoms with E-state index in [2.05, 4.69) is 15.6 Å². The summed E-state index contributed by atoms with van der Waals surface area (Å²) >= 11 is 2.82. The first-order valence-corrected chi connectivity index (χ1v) is 13.9. The van der Waals surface area contributed by atoms with E-state index in [-0.39, 0.29) is 19.0 Å². The van der Waals surface area contributed by atoms with Crippen LogP contribution < -0.4 is 24.4 Å². The Morgan fingerprint density at radius 1 is 1.18 bits per heavy atom. The molecule has 0 radical (unpaired) electrons. The van der Waals surface area contributed by atoms with Crippen LogP contribution in [0.1, 0.15) is 41.7 Å². The van der Waals surface area contributed by atoms with Crippen molar-refractivity contribution in [2.45, 2.75) is 33.7 Å². The third-order valence-electron chi connectivity index (χ3n) is 6.70. The number of nitrogens with zero attached hydrogens (tertiary/aromatic N) is 3. The molecule has 0 fully saturated rings. The molecule has 2 aliphatic rings. The highest BCUT2D eigenvalue weighted by atomic mass is 32.1. The Hall–Kier alpha value is -3.89. The average molecular weight is 548 g/mol. The van der Waals surface area contributed by atoms with Crippen molar-refractivity contribution in [2.24, 2.45) is 4.99 Å². The molecule has 4 aromatic rings. The van der Waals surface area contributed by atoms with E-state index in [4.69, 9.17) is 14.2 Å². The Morgan fingerprint density at radius 3 is 2.76 bits per heavy atom. The molecule has 0 bridgehead atoms. The number of hydrogen-bond donors (Lipinski definition) is 0. The van der Waals surface area contributed by atoms with E-state index in [9.17, 15) is 9.59 Å². The minimum absolute atomic E-state index is 0.186. The smallest absolute Gasteiger partial charge is 0.338 e. The fourth-order valence-electron chi connectivity index (χ4n) is 5.00. The van der Waals surface area contributed by atoms with Crippen molar-refractivity contribution in [1.82, 2.24) is 9.13 Å². The number of aryl methyl sites for hydroxylation is 1. The van der Waals surface area contributed by atoms with Gasteiger partial charge in [0.15, 0.2) is 16.3 Å². The number of thiophene rings is 1. The van der Waals surface area contributed by atoms with Gasteiger partial charge in [-0.25, -0.2) is 9.79 Å². The normalized spacial score (nSPS) is 16.5. The van der Waals surface area contributed by atoms with Crippen molar-refractivity contribution in [2.75, 3.05) is 13.4 Å². The van der Waals surface area contributed by atoms with E-state index >= 15 is 0 Å². The van der Waals surface area contributed by atoms with Crippen molar-refractivity contribution in [1.29, 1.82) is 0 Å². The molecule has 2 aliphatic heterocycles. The number of esters is 1. The molecule has 0 spiro atoms. The fourth-order valence-corrected chi connectivity index (χ4v) is 6.87. The third-order valence-corrected chi connectivity index (χ3v) is 8.61. The predicted molar refractivity (Wildman–Crippen MR) is 146 cm³/mol. The number of hydrogen-bond acceptors (Lipinski definition) is 8. The van der Waals surface area contributed by atoms with Crippen molar-refractivity contribution in [3.63, 3.8) is 0 Å². The van der Waals surface area contributed by atoms with Crippen LogP contribution in [0.2, 0.25) is 0 Å². The minimum atomic E-state index is -0.575. The molecular formula is C28H25N3O5S2. The van der Waals surface area contributed by atoms with E-state index in [0.717, 1.165) is 33.3 Å². The molecule has 3 aromatic heterocycles. The molecule has 0 aliphatic carbocycles. The number of carbonyl (C=O) groups is 1. The Labute approximate surface area is 226 Å². The molecular weight excluding hydrogens is 522 g/mol. The highest BCUT2D eigenvalue weighted by Crippen LogP contribution is 2.35. The van der Waals surface area contributed by atoms with E-state index < -0.39 is 12.0 Å². The molecule has 0 unspecified atom stereocenters. The van der Waals surface area contributed by atoms with Crippen LogP contribution in [-0.4, -0.2) is 28.5 Å². The van der Waals surface area contributed by atoms with Crippen molar-refractivity contribution < 1.29 is 19.0 Å². The van der Waals surface area contributed by atoms with Crippen LogP contribution in [0.4, 0.5) is 0 Å². The molecule has 0 saturated heterocycles. The van der Waals surface area contributed by atoms with Gasteiger partial charge in [-0.3, -0.25) is 9.36 Å². The second-order valence-electron chi connectivity index (χ2n) is 9.02. The van der Waals surface area contributed by atoms with E-state index in [1.165, 1.54) is 22.7 Å². The zero-order chi connectivity index (χ0) is 26.6. The first-order chi connectivity index (χ1) is 18.4. The number of fused-ring (bicyclic) bond motifs is 2. The summed E-state index contributed by atoms with van der Waals surface area (Å²) < 4.78 is 20.7. The summed E-state index contributed by atoms with van der Waals surface area (Å²) in [7, 11) is 0. The highest BCUT2D eigenvalue weighted by Gasteiger charge is 2.34. The molecule has 1 atom stereocenters. The van der Waals surface area contributed by atoms with Gasteiger partial charge >= 0.3 is 5.97 Å². The molecule has 8 nitrogen and oxygen atoms in total. The number of allylic oxidation sites excluding steroid dienone is 1. The Balaban J connectivity index is 1.48. The molecule has 0 N–H and O–H groups in total. The van der Waals surface area contributed by atoms with Crippen LogP contribution in [0, 0.1) is 13.8 Å². The number of ether oxygens (including phenoxy) is 3. The van der Waals surface area contributed by atoms with Gasteiger partial charge in [0.05, 0.1) is 22.4 Å². The second kappa shape index (κ2) is 9.45. The van der Waals surface area contributed by atoms with Gasteiger partial charge in [-0.2, -0.15) is 0 Å². The summed E-state index contributed by atoms with van der Waals surface area (Å²) in [6, 6.07) is 11.2. The Kier molecular flexibility index (Phi) is 6.08. The van der Waals surface area contributed by atoms with Gasteiger partial charge in [-0.1, -0.05) is 17.4 Å². The first kappa shape index (κ1) is 24.4. The van der Waals surface area contributed by atoms with Gasteiger partial charge < -0.3 is 18.8 Å². The second-order valence-corrected chi connectivity index (χ2v) is 11.0. The SMILES string of the molecule is CCOC(=O)C1=C(C)N=c2s/c(=C/c3cc(C)n(-c4ccc5c(c4)OCO5)c3C)c(=O)n2[C@@H]1c1cccs1. The molecule has 5 heterocycles. The number of rotatable bonds is 5. The molecule has 38 heavy (non-hydrogen) atoms. The Bertz CT molecular complexity index is 1790. The predicted octanol–water partition coefficient (Wildman–Crippen LogP) is 4.00. The molecule has 0 amide bonds. The van der Waals surface area contributed by atoms with Crippen LogP contribution in [0.15, 0.2) is 62.8 Å². The standard InChI is InChI=1S/C28H25N3O5S2/c1-5-34-27(33)24-16(3)29-28-31(25(24)22-7-6-10-37-22)26(32)23(38-28)12-18-11-15(2)30(17(18)4)19-8-9-20-21(13-19)36-14-35-20/h6-13,25H,5,14H2,1-4H3/b23-12+/t25-/m1/s1. The van der Waals surface area contributed by atoms with Gasteiger partial charge in [0.25, 0.3) is 5.56 Å². The largest absolute Gasteiger partial charge is 0.463 e. The van der Waals surface area contributed by atoms with Gasteiger partial charge in [-0.05, 0) is 69.0 Å².